The molecule has 0 bridgehead atoms. The fraction of sp³-hybridized carbons (Fsp3) is 0.333. The van der Waals surface area contributed by atoms with Gasteiger partial charge in [0, 0.05) is 48.0 Å². The second-order valence-electron chi connectivity index (χ2n) is 6.17. The van der Waals surface area contributed by atoms with E-state index in [2.05, 4.69) is 46.7 Å². The smallest absolute Gasteiger partial charge is 0.315 e. The molecule has 0 saturated carbocycles. The lowest BCUT2D eigenvalue weighted by Crippen LogP contribution is -2.34. The molecule has 2 aromatic heterocycles. The molecule has 3 aromatic rings. The molecule has 3 N–H and O–H groups in total. The Bertz CT molecular complexity index is 890. The number of H-pyrrole nitrogens is 1. The van der Waals surface area contributed by atoms with Gasteiger partial charge >= 0.3 is 6.03 Å². The van der Waals surface area contributed by atoms with Crippen molar-refractivity contribution in [3.05, 3.63) is 52.5 Å². The maximum atomic E-state index is 12.0. The SMILES string of the molecule is Cc1[nH]c2ccc(CNC(=O)NCc3cnn(C)c3C)cc2c1C. The lowest BCUT2D eigenvalue weighted by atomic mass is 10.1. The van der Waals surface area contributed by atoms with Gasteiger partial charge in [0.05, 0.1) is 6.20 Å². The number of aromatic nitrogens is 3. The summed E-state index contributed by atoms with van der Waals surface area (Å²) in [7, 11) is 1.89. The number of aryl methyl sites for hydroxylation is 3. The number of hydrogen-bond donors (Lipinski definition) is 3. The van der Waals surface area contributed by atoms with Crippen LogP contribution in [0.2, 0.25) is 0 Å². The predicted molar refractivity (Wildman–Crippen MR) is 94.8 cm³/mol. The molecule has 0 spiro atoms. The monoisotopic (exact) mass is 325 g/mol. The topological polar surface area (TPSA) is 74.7 Å². The highest BCUT2D eigenvalue weighted by Crippen LogP contribution is 2.22. The zero-order valence-electron chi connectivity index (χ0n) is 14.5. The molecule has 2 heterocycles. The summed E-state index contributed by atoms with van der Waals surface area (Å²) in [5.74, 6) is 0. The van der Waals surface area contributed by atoms with Crippen molar-refractivity contribution in [2.45, 2.75) is 33.9 Å². The minimum Gasteiger partial charge on any atom is -0.358 e. The first-order chi connectivity index (χ1) is 11.5. The van der Waals surface area contributed by atoms with Gasteiger partial charge in [-0.25, -0.2) is 4.79 Å². The number of carbonyl (C=O) groups is 1. The standard InChI is InChI=1S/C18H23N5O/c1-11-12(2)22-17-6-5-14(7-16(11)17)8-19-18(24)20-9-15-10-21-23(4)13(15)3/h5-7,10,22H,8-9H2,1-4H3,(H2,19,20,24). The molecule has 6 heteroatoms. The second kappa shape index (κ2) is 6.39. The van der Waals surface area contributed by atoms with E-state index in [0.29, 0.717) is 13.1 Å². The van der Waals surface area contributed by atoms with Crippen LogP contribution < -0.4 is 10.6 Å². The Morgan fingerprint density at radius 3 is 2.67 bits per heavy atom. The van der Waals surface area contributed by atoms with E-state index in [4.69, 9.17) is 0 Å². The van der Waals surface area contributed by atoms with Crippen LogP contribution in [-0.2, 0) is 20.1 Å². The number of nitrogens with one attached hydrogen (secondary N) is 3. The summed E-state index contributed by atoms with van der Waals surface area (Å²) in [4.78, 5) is 15.3. The van der Waals surface area contributed by atoms with E-state index in [1.165, 1.54) is 16.6 Å². The number of fused-ring (bicyclic) bond motifs is 1. The van der Waals surface area contributed by atoms with Crippen LogP contribution in [0.15, 0.2) is 24.4 Å². The fourth-order valence-electron chi connectivity index (χ4n) is 2.76. The normalized spacial score (nSPS) is 11.0. The molecular formula is C18H23N5O. The first-order valence-corrected chi connectivity index (χ1v) is 8.02. The van der Waals surface area contributed by atoms with Crippen LogP contribution in [0.4, 0.5) is 4.79 Å². The summed E-state index contributed by atoms with van der Waals surface area (Å²) >= 11 is 0. The molecule has 0 fully saturated rings. The molecule has 0 aliphatic carbocycles. The van der Waals surface area contributed by atoms with Gasteiger partial charge in [0.25, 0.3) is 0 Å². The van der Waals surface area contributed by atoms with Crippen molar-refractivity contribution < 1.29 is 4.79 Å². The molecule has 0 unspecified atom stereocenters. The molecule has 0 aliphatic heterocycles. The van der Waals surface area contributed by atoms with Gasteiger partial charge in [-0.1, -0.05) is 6.07 Å². The molecule has 6 nitrogen and oxygen atoms in total. The van der Waals surface area contributed by atoms with Crippen LogP contribution in [0.25, 0.3) is 10.9 Å². The van der Waals surface area contributed by atoms with E-state index in [-0.39, 0.29) is 6.03 Å². The van der Waals surface area contributed by atoms with E-state index in [9.17, 15) is 4.79 Å². The van der Waals surface area contributed by atoms with Gasteiger partial charge in [-0.2, -0.15) is 5.10 Å². The molecule has 0 aliphatic rings. The summed E-state index contributed by atoms with van der Waals surface area (Å²) in [5, 5.41) is 11.1. The summed E-state index contributed by atoms with van der Waals surface area (Å²) in [6.07, 6.45) is 1.78. The molecule has 3 rings (SSSR count). The zero-order valence-corrected chi connectivity index (χ0v) is 14.5. The summed E-state index contributed by atoms with van der Waals surface area (Å²) in [6.45, 7) is 7.13. The summed E-state index contributed by atoms with van der Waals surface area (Å²) in [6, 6.07) is 6.03. The third-order valence-electron chi connectivity index (χ3n) is 4.60. The Morgan fingerprint density at radius 2 is 1.96 bits per heavy atom. The minimum atomic E-state index is -0.180. The van der Waals surface area contributed by atoms with Crippen molar-refractivity contribution in [1.82, 2.24) is 25.4 Å². The van der Waals surface area contributed by atoms with E-state index in [1.54, 1.807) is 10.9 Å². The Hall–Kier alpha value is -2.76. The molecule has 126 valence electrons. The fourth-order valence-corrected chi connectivity index (χ4v) is 2.76. The van der Waals surface area contributed by atoms with Crippen LogP contribution in [0.5, 0.6) is 0 Å². The molecule has 2 amide bonds. The number of carbonyl (C=O) groups excluding carboxylic acids is 1. The highest BCUT2D eigenvalue weighted by atomic mass is 16.2. The van der Waals surface area contributed by atoms with Gasteiger partial charge in [0.15, 0.2) is 0 Å². The number of aromatic amines is 1. The minimum absolute atomic E-state index is 0.180. The van der Waals surface area contributed by atoms with Gasteiger partial charge < -0.3 is 15.6 Å². The molecular weight excluding hydrogens is 302 g/mol. The Morgan fingerprint density at radius 1 is 1.21 bits per heavy atom. The maximum absolute atomic E-state index is 12.0. The van der Waals surface area contributed by atoms with E-state index >= 15 is 0 Å². The largest absolute Gasteiger partial charge is 0.358 e. The van der Waals surface area contributed by atoms with Gasteiger partial charge in [-0.05, 0) is 44.0 Å². The number of urea groups is 1. The van der Waals surface area contributed by atoms with E-state index < -0.39 is 0 Å². The maximum Gasteiger partial charge on any atom is 0.315 e. The van der Waals surface area contributed by atoms with Crippen molar-refractivity contribution in [3.63, 3.8) is 0 Å². The van der Waals surface area contributed by atoms with Gasteiger partial charge in [0.2, 0.25) is 0 Å². The Kier molecular flexibility index (Phi) is 4.29. The quantitative estimate of drug-likeness (QED) is 0.690. The Labute approximate surface area is 141 Å². The van der Waals surface area contributed by atoms with Gasteiger partial charge in [-0.15, -0.1) is 0 Å². The first kappa shape index (κ1) is 16.1. The van der Waals surface area contributed by atoms with Crippen molar-refractivity contribution >= 4 is 16.9 Å². The predicted octanol–water partition coefficient (Wildman–Crippen LogP) is 2.83. The molecule has 1 aromatic carbocycles. The number of amides is 2. The van der Waals surface area contributed by atoms with Gasteiger partial charge in [0.1, 0.15) is 0 Å². The average Bonchev–Trinajstić information content (AvgIpc) is 3.04. The van der Waals surface area contributed by atoms with Crippen LogP contribution in [0.1, 0.15) is 28.1 Å². The first-order valence-electron chi connectivity index (χ1n) is 8.02. The van der Waals surface area contributed by atoms with Crippen LogP contribution in [-0.4, -0.2) is 20.8 Å². The van der Waals surface area contributed by atoms with E-state index in [1.807, 2.05) is 20.0 Å². The third kappa shape index (κ3) is 3.13. The van der Waals surface area contributed by atoms with Crippen molar-refractivity contribution in [2.24, 2.45) is 7.05 Å². The van der Waals surface area contributed by atoms with Crippen LogP contribution in [0, 0.1) is 20.8 Å². The van der Waals surface area contributed by atoms with Crippen LogP contribution in [0.3, 0.4) is 0 Å². The second-order valence-corrected chi connectivity index (χ2v) is 6.17. The van der Waals surface area contributed by atoms with E-state index in [0.717, 1.165) is 22.3 Å². The number of hydrogen-bond acceptors (Lipinski definition) is 2. The van der Waals surface area contributed by atoms with Crippen molar-refractivity contribution in [3.8, 4) is 0 Å². The number of benzene rings is 1. The molecule has 0 atom stereocenters. The van der Waals surface area contributed by atoms with Crippen LogP contribution >= 0.6 is 0 Å². The summed E-state index contributed by atoms with van der Waals surface area (Å²) < 4.78 is 1.80. The highest BCUT2D eigenvalue weighted by Gasteiger charge is 2.07. The molecule has 0 saturated heterocycles. The van der Waals surface area contributed by atoms with Gasteiger partial charge in [-0.3, -0.25) is 4.68 Å². The number of nitrogens with zero attached hydrogens (tertiary/aromatic N) is 2. The Balaban J connectivity index is 1.58. The highest BCUT2D eigenvalue weighted by molar-refractivity contribution is 5.85. The zero-order chi connectivity index (χ0) is 17.3. The van der Waals surface area contributed by atoms with Crippen molar-refractivity contribution in [1.29, 1.82) is 0 Å². The summed E-state index contributed by atoms with van der Waals surface area (Å²) in [5.41, 5.74) is 6.72. The molecule has 0 radical (unpaired) electrons. The molecule has 24 heavy (non-hydrogen) atoms. The number of rotatable bonds is 4. The lowest BCUT2D eigenvalue weighted by Gasteiger charge is -2.08. The third-order valence-corrected chi connectivity index (χ3v) is 4.60. The average molecular weight is 325 g/mol. The lowest BCUT2D eigenvalue weighted by molar-refractivity contribution is 0.240. The van der Waals surface area contributed by atoms with Crippen molar-refractivity contribution in [2.75, 3.05) is 0 Å².